The Morgan fingerprint density at radius 3 is 2.00 bits per heavy atom. The van der Waals surface area contributed by atoms with Crippen LogP contribution in [0, 0.1) is 5.41 Å². The van der Waals surface area contributed by atoms with Crippen LogP contribution < -0.4 is 0 Å². The maximum atomic E-state index is 11.6. The summed E-state index contributed by atoms with van der Waals surface area (Å²) in [6.07, 6.45) is 12.3. The number of aliphatic hydroxyl groups excluding tert-OH is 1. The Morgan fingerprint density at radius 2 is 1.44 bits per heavy atom. The van der Waals surface area contributed by atoms with Crippen LogP contribution >= 0.6 is 0 Å². The minimum absolute atomic E-state index is 0.254. The molecule has 1 aliphatic carbocycles. The summed E-state index contributed by atoms with van der Waals surface area (Å²) in [5, 5.41) is 18.3. The van der Waals surface area contributed by atoms with Crippen LogP contribution in [0.25, 0.3) is 0 Å². The average molecular weight is 256 g/mol. The summed E-state index contributed by atoms with van der Waals surface area (Å²) < 4.78 is 0. The third kappa shape index (κ3) is 4.97. The Balaban J connectivity index is 2.42. The molecule has 1 saturated carbocycles. The molecule has 0 unspecified atom stereocenters. The van der Waals surface area contributed by atoms with Crippen molar-refractivity contribution in [3.8, 4) is 0 Å². The number of aliphatic hydroxyl groups is 1. The summed E-state index contributed by atoms with van der Waals surface area (Å²) in [7, 11) is 0. The second kappa shape index (κ2) is 8.52. The van der Waals surface area contributed by atoms with Crippen molar-refractivity contribution >= 4 is 5.97 Å². The van der Waals surface area contributed by atoms with Gasteiger partial charge in [0.15, 0.2) is 0 Å². The predicted octanol–water partition coefficient (Wildman–Crippen LogP) is 3.74. The van der Waals surface area contributed by atoms with E-state index in [0.717, 1.165) is 57.8 Å². The Morgan fingerprint density at radius 1 is 0.889 bits per heavy atom. The molecular weight excluding hydrogens is 228 g/mol. The molecule has 18 heavy (non-hydrogen) atoms. The van der Waals surface area contributed by atoms with Crippen molar-refractivity contribution in [1.29, 1.82) is 0 Å². The van der Waals surface area contributed by atoms with E-state index >= 15 is 0 Å². The highest BCUT2D eigenvalue weighted by Gasteiger charge is 2.37. The zero-order valence-corrected chi connectivity index (χ0v) is 11.5. The van der Waals surface area contributed by atoms with E-state index in [0.29, 0.717) is 0 Å². The summed E-state index contributed by atoms with van der Waals surface area (Å²) in [5.74, 6) is -0.577. The number of hydrogen-bond acceptors (Lipinski definition) is 2. The zero-order chi connectivity index (χ0) is 13.3. The Kier molecular flexibility index (Phi) is 7.33. The first kappa shape index (κ1) is 15.5. The van der Waals surface area contributed by atoms with Crippen molar-refractivity contribution in [3.63, 3.8) is 0 Å². The second-order valence-corrected chi connectivity index (χ2v) is 5.74. The lowest BCUT2D eigenvalue weighted by atomic mass is 9.73. The van der Waals surface area contributed by atoms with Gasteiger partial charge in [0.05, 0.1) is 5.41 Å². The molecule has 3 nitrogen and oxygen atoms in total. The second-order valence-electron chi connectivity index (χ2n) is 5.74. The molecule has 0 radical (unpaired) electrons. The van der Waals surface area contributed by atoms with E-state index in [1.54, 1.807) is 0 Å². The fourth-order valence-corrected chi connectivity index (χ4v) is 3.08. The van der Waals surface area contributed by atoms with Crippen molar-refractivity contribution in [3.05, 3.63) is 0 Å². The number of aliphatic carboxylic acids is 1. The van der Waals surface area contributed by atoms with Gasteiger partial charge in [-0.2, -0.15) is 0 Å². The number of carboxylic acid groups (broad SMARTS) is 1. The highest BCUT2D eigenvalue weighted by molar-refractivity contribution is 5.74. The summed E-state index contributed by atoms with van der Waals surface area (Å²) in [6.45, 7) is 0.254. The lowest BCUT2D eigenvalue weighted by Crippen LogP contribution is -2.31. The highest BCUT2D eigenvalue weighted by Crippen LogP contribution is 2.39. The maximum absolute atomic E-state index is 11.6. The standard InChI is InChI=1S/C15H28O3/c16-13-9-5-4-8-12-15(14(17)18)10-6-2-1-3-7-11-15/h16H,1-13H2,(H,17,18). The molecule has 0 amide bonds. The van der Waals surface area contributed by atoms with Crippen LogP contribution in [0.3, 0.4) is 0 Å². The quantitative estimate of drug-likeness (QED) is 0.682. The topological polar surface area (TPSA) is 57.5 Å². The number of hydrogen-bond donors (Lipinski definition) is 2. The van der Waals surface area contributed by atoms with Gasteiger partial charge in [0.1, 0.15) is 0 Å². The molecule has 2 N–H and O–H groups in total. The van der Waals surface area contributed by atoms with Crippen LogP contribution in [-0.2, 0) is 4.79 Å². The predicted molar refractivity (Wildman–Crippen MR) is 72.6 cm³/mol. The van der Waals surface area contributed by atoms with Crippen LogP contribution in [-0.4, -0.2) is 22.8 Å². The lowest BCUT2D eigenvalue weighted by molar-refractivity contribution is -0.151. The van der Waals surface area contributed by atoms with Crippen molar-refractivity contribution < 1.29 is 15.0 Å². The first-order chi connectivity index (χ1) is 8.71. The molecule has 0 saturated heterocycles. The monoisotopic (exact) mass is 256 g/mol. The average Bonchev–Trinajstić information content (AvgIpc) is 2.31. The van der Waals surface area contributed by atoms with E-state index in [4.69, 9.17) is 5.11 Å². The molecule has 1 aliphatic rings. The third-order valence-electron chi connectivity index (χ3n) is 4.33. The molecule has 0 aromatic carbocycles. The van der Waals surface area contributed by atoms with Gasteiger partial charge < -0.3 is 10.2 Å². The van der Waals surface area contributed by atoms with E-state index in [1.165, 1.54) is 19.3 Å². The van der Waals surface area contributed by atoms with Gasteiger partial charge >= 0.3 is 5.97 Å². The molecule has 106 valence electrons. The van der Waals surface area contributed by atoms with E-state index in [2.05, 4.69) is 0 Å². The van der Waals surface area contributed by atoms with Crippen molar-refractivity contribution in [2.45, 2.75) is 77.0 Å². The Labute approximate surface area is 111 Å². The summed E-state index contributed by atoms with van der Waals surface area (Å²) >= 11 is 0. The summed E-state index contributed by atoms with van der Waals surface area (Å²) in [5.41, 5.74) is -0.445. The molecule has 0 spiro atoms. The number of unbranched alkanes of at least 4 members (excludes halogenated alkanes) is 3. The van der Waals surface area contributed by atoms with Crippen LogP contribution in [0.15, 0.2) is 0 Å². The van der Waals surface area contributed by atoms with Crippen LogP contribution in [0.5, 0.6) is 0 Å². The van der Waals surface area contributed by atoms with Gasteiger partial charge in [-0.15, -0.1) is 0 Å². The van der Waals surface area contributed by atoms with Gasteiger partial charge in [0, 0.05) is 6.61 Å². The van der Waals surface area contributed by atoms with E-state index < -0.39 is 11.4 Å². The number of carboxylic acids is 1. The minimum atomic E-state index is -0.577. The van der Waals surface area contributed by atoms with Crippen molar-refractivity contribution in [2.75, 3.05) is 6.61 Å². The molecule has 1 rings (SSSR count). The van der Waals surface area contributed by atoms with Gasteiger partial charge in [-0.1, -0.05) is 51.4 Å². The third-order valence-corrected chi connectivity index (χ3v) is 4.33. The fraction of sp³-hybridized carbons (Fsp3) is 0.933. The molecule has 0 aromatic rings. The normalized spacial score (nSPS) is 20.1. The van der Waals surface area contributed by atoms with Crippen molar-refractivity contribution in [1.82, 2.24) is 0 Å². The van der Waals surface area contributed by atoms with Gasteiger partial charge in [0.2, 0.25) is 0 Å². The first-order valence-corrected chi connectivity index (χ1v) is 7.55. The van der Waals surface area contributed by atoms with Gasteiger partial charge in [-0.3, -0.25) is 4.79 Å². The van der Waals surface area contributed by atoms with Crippen LogP contribution in [0.1, 0.15) is 77.0 Å². The van der Waals surface area contributed by atoms with Gasteiger partial charge in [-0.05, 0) is 25.7 Å². The lowest BCUT2D eigenvalue weighted by Gasteiger charge is -2.31. The number of carbonyl (C=O) groups is 1. The zero-order valence-electron chi connectivity index (χ0n) is 11.5. The molecule has 0 atom stereocenters. The molecule has 0 aromatic heterocycles. The van der Waals surface area contributed by atoms with Crippen LogP contribution in [0.2, 0.25) is 0 Å². The molecule has 3 heteroatoms. The van der Waals surface area contributed by atoms with E-state index in [1.807, 2.05) is 0 Å². The molecule has 0 bridgehead atoms. The largest absolute Gasteiger partial charge is 0.481 e. The Bertz CT molecular complexity index is 230. The maximum Gasteiger partial charge on any atom is 0.309 e. The van der Waals surface area contributed by atoms with Gasteiger partial charge in [-0.25, -0.2) is 0 Å². The minimum Gasteiger partial charge on any atom is -0.481 e. The first-order valence-electron chi connectivity index (χ1n) is 7.55. The summed E-state index contributed by atoms with van der Waals surface area (Å²) in [6, 6.07) is 0. The van der Waals surface area contributed by atoms with E-state index in [-0.39, 0.29) is 6.61 Å². The van der Waals surface area contributed by atoms with E-state index in [9.17, 15) is 9.90 Å². The SMILES string of the molecule is O=C(O)C1(CCCCCCO)CCCCCCC1. The summed E-state index contributed by atoms with van der Waals surface area (Å²) in [4.78, 5) is 11.6. The number of rotatable bonds is 7. The Hall–Kier alpha value is -0.570. The van der Waals surface area contributed by atoms with Crippen LogP contribution in [0.4, 0.5) is 0 Å². The molecular formula is C15H28O3. The van der Waals surface area contributed by atoms with Gasteiger partial charge in [0.25, 0.3) is 0 Å². The fourth-order valence-electron chi connectivity index (χ4n) is 3.08. The highest BCUT2D eigenvalue weighted by atomic mass is 16.4. The molecule has 0 aliphatic heterocycles. The molecule has 1 fully saturated rings. The molecule has 0 heterocycles. The smallest absolute Gasteiger partial charge is 0.309 e. The van der Waals surface area contributed by atoms with Crippen molar-refractivity contribution in [2.24, 2.45) is 5.41 Å².